The van der Waals surface area contributed by atoms with Crippen LogP contribution in [0.1, 0.15) is 13.3 Å². The highest BCUT2D eigenvalue weighted by Gasteiger charge is 2.45. The lowest BCUT2D eigenvalue weighted by Crippen LogP contribution is -2.60. The molecule has 0 amide bonds. The molecule has 10 nitrogen and oxygen atoms in total. The first-order chi connectivity index (χ1) is 11.4. The molecule has 0 spiro atoms. The summed E-state index contributed by atoms with van der Waals surface area (Å²) in [6.07, 6.45) is -11.2. The Labute approximate surface area is 139 Å². The van der Waals surface area contributed by atoms with Gasteiger partial charge in [0, 0.05) is 6.61 Å². The zero-order valence-electron chi connectivity index (χ0n) is 13.3. The monoisotopic (exact) mass is 354 g/mol. The molecule has 0 aliphatic carbocycles. The van der Waals surface area contributed by atoms with Gasteiger partial charge in [-0.05, 0) is 6.42 Å². The van der Waals surface area contributed by atoms with E-state index in [1.54, 1.807) is 0 Å². The minimum atomic E-state index is -1.49. The van der Waals surface area contributed by atoms with Gasteiger partial charge < -0.3 is 49.6 Å². The van der Waals surface area contributed by atoms with Crippen LogP contribution in [0.4, 0.5) is 0 Å². The van der Waals surface area contributed by atoms with Crippen molar-refractivity contribution < 1.29 is 49.6 Å². The molecule has 9 atom stereocenters. The van der Waals surface area contributed by atoms with Gasteiger partial charge in [0.05, 0.1) is 13.2 Å². The van der Waals surface area contributed by atoms with Crippen LogP contribution in [-0.4, -0.2) is 106 Å². The highest BCUT2D eigenvalue weighted by atomic mass is 16.7. The Hall–Kier alpha value is -0.400. The van der Waals surface area contributed by atoms with Crippen LogP contribution in [-0.2, 0) is 18.9 Å². The van der Waals surface area contributed by atoms with E-state index in [9.17, 15) is 30.6 Å². The van der Waals surface area contributed by atoms with Gasteiger partial charge in [-0.3, -0.25) is 0 Å². The number of hydrogen-bond donors (Lipinski definition) is 6. The fraction of sp³-hybridized carbons (Fsp3) is 1.00. The van der Waals surface area contributed by atoms with Crippen molar-refractivity contribution in [1.29, 1.82) is 0 Å². The smallest absolute Gasteiger partial charge is 0.186 e. The molecule has 0 aromatic heterocycles. The average molecular weight is 354 g/mol. The zero-order valence-corrected chi connectivity index (χ0v) is 13.3. The second-order valence-electron chi connectivity index (χ2n) is 5.97. The van der Waals surface area contributed by atoms with Crippen molar-refractivity contribution in [2.75, 3.05) is 19.8 Å². The lowest BCUT2D eigenvalue weighted by atomic mass is 9.99. The molecule has 6 N–H and O–H groups in total. The third kappa shape index (κ3) is 4.41. The number of hydrogen-bond acceptors (Lipinski definition) is 10. The maximum Gasteiger partial charge on any atom is 0.186 e. The van der Waals surface area contributed by atoms with E-state index in [-0.39, 0.29) is 13.2 Å². The topological polar surface area (TPSA) is 158 Å². The Morgan fingerprint density at radius 2 is 1.50 bits per heavy atom. The van der Waals surface area contributed by atoms with Gasteiger partial charge in [-0.25, -0.2) is 0 Å². The van der Waals surface area contributed by atoms with Gasteiger partial charge in [0.2, 0.25) is 0 Å². The molecule has 24 heavy (non-hydrogen) atoms. The van der Waals surface area contributed by atoms with Crippen LogP contribution >= 0.6 is 0 Å². The molecule has 0 aromatic carbocycles. The van der Waals surface area contributed by atoms with Gasteiger partial charge in [-0.15, -0.1) is 0 Å². The minimum absolute atomic E-state index is 0.222. The van der Waals surface area contributed by atoms with Crippen molar-refractivity contribution in [3.8, 4) is 0 Å². The third-order valence-corrected chi connectivity index (χ3v) is 4.03. The van der Waals surface area contributed by atoms with E-state index in [0.29, 0.717) is 13.0 Å². The SMILES string of the molecule is CCCOC1OC(COC2OCC(O)C(O)C2O)C(O)C(O)C1O. The van der Waals surface area contributed by atoms with Gasteiger partial charge >= 0.3 is 0 Å². The summed E-state index contributed by atoms with van der Waals surface area (Å²) in [7, 11) is 0. The van der Waals surface area contributed by atoms with Crippen molar-refractivity contribution in [2.45, 2.75) is 68.7 Å². The fourth-order valence-electron chi connectivity index (χ4n) is 2.54. The van der Waals surface area contributed by atoms with Gasteiger partial charge in [-0.2, -0.15) is 0 Å². The van der Waals surface area contributed by atoms with Gasteiger partial charge in [0.1, 0.15) is 42.7 Å². The molecule has 2 saturated heterocycles. The van der Waals surface area contributed by atoms with E-state index in [0.717, 1.165) is 0 Å². The molecular weight excluding hydrogens is 328 g/mol. The molecule has 10 heteroatoms. The molecule has 0 saturated carbocycles. The molecule has 2 aliphatic heterocycles. The standard InChI is InChI=1S/C14H26O10/c1-2-3-21-14-12(20)10(18)9(17)7(24-14)5-23-13-11(19)8(16)6(15)4-22-13/h6-20H,2-5H2,1H3. The largest absolute Gasteiger partial charge is 0.388 e. The summed E-state index contributed by atoms with van der Waals surface area (Å²) in [6.45, 7) is 1.65. The first-order valence-corrected chi connectivity index (χ1v) is 7.95. The number of ether oxygens (including phenoxy) is 4. The van der Waals surface area contributed by atoms with Crippen molar-refractivity contribution in [3.05, 3.63) is 0 Å². The van der Waals surface area contributed by atoms with Crippen LogP contribution in [0.5, 0.6) is 0 Å². The fourth-order valence-corrected chi connectivity index (χ4v) is 2.54. The zero-order chi connectivity index (χ0) is 17.9. The highest BCUT2D eigenvalue weighted by Crippen LogP contribution is 2.24. The number of aliphatic hydroxyl groups excluding tert-OH is 6. The minimum Gasteiger partial charge on any atom is -0.388 e. The molecule has 2 aliphatic rings. The molecule has 2 rings (SSSR count). The van der Waals surface area contributed by atoms with Crippen molar-refractivity contribution in [1.82, 2.24) is 0 Å². The van der Waals surface area contributed by atoms with Crippen molar-refractivity contribution >= 4 is 0 Å². The van der Waals surface area contributed by atoms with Crippen LogP contribution in [0.25, 0.3) is 0 Å². The Kier molecular flexibility index (Phi) is 7.31. The quantitative estimate of drug-likeness (QED) is 0.285. The first-order valence-electron chi connectivity index (χ1n) is 7.95. The van der Waals surface area contributed by atoms with E-state index in [1.807, 2.05) is 6.92 Å². The summed E-state index contributed by atoms with van der Waals surface area (Å²) in [5, 5.41) is 58.5. The lowest BCUT2D eigenvalue weighted by molar-refractivity contribution is -0.320. The number of aliphatic hydroxyl groups is 6. The molecule has 0 aromatic rings. The molecule has 0 bridgehead atoms. The van der Waals surface area contributed by atoms with Gasteiger partial charge in [0.15, 0.2) is 12.6 Å². The molecule has 2 heterocycles. The maximum atomic E-state index is 9.98. The Balaban J connectivity index is 1.90. The normalized spacial score (nSPS) is 46.9. The Morgan fingerprint density at radius 1 is 0.833 bits per heavy atom. The number of rotatable bonds is 6. The second-order valence-corrected chi connectivity index (χ2v) is 5.97. The summed E-state index contributed by atoms with van der Waals surface area (Å²) in [5.41, 5.74) is 0. The first kappa shape index (κ1) is 19.9. The second kappa shape index (κ2) is 8.81. The summed E-state index contributed by atoms with van der Waals surface area (Å²) in [5.74, 6) is 0. The van der Waals surface area contributed by atoms with E-state index >= 15 is 0 Å². The van der Waals surface area contributed by atoms with Crippen LogP contribution in [0, 0.1) is 0 Å². The predicted octanol–water partition coefficient (Wildman–Crippen LogP) is -3.32. The third-order valence-electron chi connectivity index (χ3n) is 4.03. The Bertz CT molecular complexity index is 383. The van der Waals surface area contributed by atoms with Gasteiger partial charge in [-0.1, -0.05) is 6.92 Å². The van der Waals surface area contributed by atoms with Crippen LogP contribution in [0.3, 0.4) is 0 Å². The molecule has 9 unspecified atom stereocenters. The molecular formula is C14H26O10. The van der Waals surface area contributed by atoms with Crippen LogP contribution < -0.4 is 0 Å². The Morgan fingerprint density at radius 3 is 2.17 bits per heavy atom. The van der Waals surface area contributed by atoms with E-state index < -0.39 is 55.3 Å². The molecule has 2 fully saturated rings. The van der Waals surface area contributed by atoms with Crippen LogP contribution in [0.2, 0.25) is 0 Å². The van der Waals surface area contributed by atoms with Crippen molar-refractivity contribution in [3.63, 3.8) is 0 Å². The summed E-state index contributed by atoms with van der Waals surface area (Å²) < 4.78 is 21.0. The summed E-state index contributed by atoms with van der Waals surface area (Å²) >= 11 is 0. The van der Waals surface area contributed by atoms with E-state index in [1.165, 1.54) is 0 Å². The van der Waals surface area contributed by atoms with Gasteiger partial charge in [0.25, 0.3) is 0 Å². The van der Waals surface area contributed by atoms with E-state index in [4.69, 9.17) is 18.9 Å². The van der Waals surface area contributed by atoms with Crippen LogP contribution in [0.15, 0.2) is 0 Å². The maximum absolute atomic E-state index is 9.98. The molecule has 0 radical (unpaired) electrons. The van der Waals surface area contributed by atoms with Crippen molar-refractivity contribution in [2.24, 2.45) is 0 Å². The molecule has 142 valence electrons. The average Bonchev–Trinajstić information content (AvgIpc) is 2.57. The van der Waals surface area contributed by atoms with E-state index in [2.05, 4.69) is 0 Å². The summed E-state index contributed by atoms with van der Waals surface area (Å²) in [6, 6.07) is 0. The highest BCUT2D eigenvalue weighted by molar-refractivity contribution is 4.90. The lowest BCUT2D eigenvalue weighted by Gasteiger charge is -2.41. The predicted molar refractivity (Wildman–Crippen MR) is 76.6 cm³/mol. The summed E-state index contributed by atoms with van der Waals surface area (Å²) in [4.78, 5) is 0.